The van der Waals surface area contributed by atoms with Crippen molar-refractivity contribution in [1.29, 1.82) is 0 Å². The van der Waals surface area contributed by atoms with E-state index in [0.717, 1.165) is 10.9 Å². The van der Waals surface area contributed by atoms with Crippen molar-refractivity contribution in [3.05, 3.63) is 42.0 Å². The van der Waals surface area contributed by atoms with Crippen molar-refractivity contribution in [1.82, 2.24) is 5.32 Å². The molecule has 2 aromatic carbocycles. The number of Topliss-reactive ketones (excluding diaryl/α,β-unsaturated/α-hetero) is 2. The van der Waals surface area contributed by atoms with Gasteiger partial charge in [-0.25, -0.2) is 4.79 Å². The van der Waals surface area contributed by atoms with Gasteiger partial charge in [-0.3, -0.25) is 9.59 Å². The molecule has 1 amide bonds. The second kappa shape index (κ2) is 7.56. The van der Waals surface area contributed by atoms with Crippen LogP contribution in [0.2, 0.25) is 0 Å². The fourth-order valence-corrected chi connectivity index (χ4v) is 2.65. The molecule has 138 valence electrons. The minimum Gasteiger partial charge on any atom is -0.507 e. The lowest BCUT2D eigenvalue weighted by molar-refractivity contribution is -0.136. The van der Waals surface area contributed by atoms with Gasteiger partial charge >= 0.3 is 6.09 Å². The molecule has 2 rings (SSSR count). The summed E-state index contributed by atoms with van der Waals surface area (Å²) in [6.45, 7) is 6.30. The molecule has 6 heteroatoms. The number of phenolic OH excluding ortho intramolecular Hbond substituents is 1. The smallest absolute Gasteiger partial charge is 0.408 e. The van der Waals surface area contributed by atoms with E-state index in [1.807, 2.05) is 12.1 Å². The van der Waals surface area contributed by atoms with Gasteiger partial charge in [-0.2, -0.15) is 0 Å². The third kappa shape index (κ3) is 4.81. The zero-order valence-corrected chi connectivity index (χ0v) is 15.3. The Labute approximate surface area is 152 Å². The van der Waals surface area contributed by atoms with Crippen molar-refractivity contribution >= 4 is 28.4 Å². The number of carbonyl (C=O) groups excluding carboxylic acids is 3. The van der Waals surface area contributed by atoms with Crippen LogP contribution in [0.5, 0.6) is 5.75 Å². The molecule has 0 aromatic heterocycles. The first-order valence-electron chi connectivity index (χ1n) is 8.32. The second-order valence-electron chi connectivity index (χ2n) is 7.11. The van der Waals surface area contributed by atoms with Crippen molar-refractivity contribution in [2.75, 3.05) is 0 Å². The molecule has 0 bridgehead atoms. The molecule has 0 aliphatic carbocycles. The maximum Gasteiger partial charge on any atom is 0.408 e. The van der Waals surface area contributed by atoms with Crippen LogP contribution in [0.25, 0.3) is 10.8 Å². The van der Waals surface area contributed by atoms with E-state index in [9.17, 15) is 19.5 Å². The molecule has 2 aromatic rings. The van der Waals surface area contributed by atoms with E-state index in [0.29, 0.717) is 5.39 Å². The van der Waals surface area contributed by atoms with Crippen LogP contribution in [0.3, 0.4) is 0 Å². The highest BCUT2D eigenvalue weighted by atomic mass is 16.6. The topological polar surface area (TPSA) is 92.7 Å². The molecule has 26 heavy (non-hydrogen) atoms. The van der Waals surface area contributed by atoms with Crippen molar-refractivity contribution in [3.63, 3.8) is 0 Å². The average Bonchev–Trinajstić information content (AvgIpc) is 2.54. The zero-order valence-electron chi connectivity index (χ0n) is 15.3. The van der Waals surface area contributed by atoms with E-state index in [2.05, 4.69) is 5.32 Å². The van der Waals surface area contributed by atoms with Crippen LogP contribution in [0.1, 0.15) is 33.3 Å². The number of ketones is 2. The number of hydrogen-bond acceptors (Lipinski definition) is 5. The summed E-state index contributed by atoms with van der Waals surface area (Å²) in [4.78, 5) is 35.9. The maximum atomic E-state index is 12.3. The monoisotopic (exact) mass is 357 g/mol. The number of hydrogen-bond donors (Lipinski definition) is 2. The summed E-state index contributed by atoms with van der Waals surface area (Å²) in [5.41, 5.74) is 0.00753. The highest BCUT2D eigenvalue weighted by molar-refractivity contribution is 6.38. The molecule has 0 aliphatic heterocycles. The Bertz CT molecular complexity index is 851. The van der Waals surface area contributed by atoms with Crippen LogP contribution in [0.4, 0.5) is 4.79 Å². The van der Waals surface area contributed by atoms with Gasteiger partial charge in [0.15, 0.2) is 5.78 Å². The number of aromatic hydroxyl groups is 1. The molecule has 2 N–H and O–H groups in total. The summed E-state index contributed by atoms with van der Waals surface area (Å²) in [6.07, 6.45) is -0.654. The van der Waals surface area contributed by atoms with Gasteiger partial charge in [0.2, 0.25) is 5.78 Å². The number of ether oxygens (including phenoxy) is 1. The normalized spacial score (nSPS) is 12.5. The Morgan fingerprint density at radius 3 is 2.27 bits per heavy atom. The van der Waals surface area contributed by atoms with Gasteiger partial charge in [0.05, 0.1) is 0 Å². The van der Waals surface area contributed by atoms with Crippen molar-refractivity contribution in [3.8, 4) is 5.75 Å². The molecular formula is C20H23NO5. The van der Waals surface area contributed by atoms with Crippen LogP contribution >= 0.6 is 0 Å². The number of benzene rings is 2. The minimum atomic E-state index is -1.05. The molecule has 0 spiro atoms. The fraction of sp³-hybridized carbons (Fsp3) is 0.350. The first-order chi connectivity index (χ1) is 12.1. The first-order valence-corrected chi connectivity index (χ1v) is 8.32. The van der Waals surface area contributed by atoms with Gasteiger partial charge in [-0.1, -0.05) is 30.3 Å². The van der Waals surface area contributed by atoms with E-state index < -0.39 is 29.3 Å². The third-order valence-corrected chi connectivity index (χ3v) is 3.77. The fourth-order valence-electron chi connectivity index (χ4n) is 2.65. The number of alkyl carbamates (subject to hydrolysis) is 1. The van der Waals surface area contributed by atoms with Crippen LogP contribution in [-0.2, 0) is 20.7 Å². The van der Waals surface area contributed by atoms with E-state index in [4.69, 9.17) is 4.74 Å². The number of fused-ring (bicyclic) bond motifs is 1. The minimum absolute atomic E-state index is 0.110. The lowest BCUT2D eigenvalue weighted by Gasteiger charge is -2.23. The van der Waals surface area contributed by atoms with Gasteiger partial charge in [0.25, 0.3) is 0 Å². The van der Waals surface area contributed by atoms with Crippen molar-refractivity contribution in [2.45, 2.75) is 45.8 Å². The average molecular weight is 357 g/mol. The highest BCUT2D eigenvalue weighted by Gasteiger charge is 2.27. The van der Waals surface area contributed by atoms with E-state index in [1.54, 1.807) is 39.0 Å². The Kier molecular flexibility index (Phi) is 5.65. The molecular weight excluding hydrogens is 334 g/mol. The Hall–Kier alpha value is -2.89. The number of rotatable bonds is 5. The van der Waals surface area contributed by atoms with E-state index in [-0.39, 0.29) is 12.2 Å². The van der Waals surface area contributed by atoms with E-state index >= 15 is 0 Å². The molecule has 0 radical (unpaired) electrons. The quantitative estimate of drug-likeness (QED) is 0.802. The van der Waals surface area contributed by atoms with Crippen molar-refractivity contribution in [2.24, 2.45) is 0 Å². The Morgan fingerprint density at radius 1 is 1.08 bits per heavy atom. The molecule has 0 fully saturated rings. The number of phenols is 1. The summed E-state index contributed by atoms with van der Waals surface area (Å²) in [6, 6.07) is 9.34. The number of nitrogens with one attached hydrogen (secondary N) is 1. The largest absolute Gasteiger partial charge is 0.507 e. The molecule has 0 heterocycles. The lowest BCUT2D eigenvalue weighted by atomic mass is 9.95. The summed E-state index contributed by atoms with van der Waals surface area (Å²) in [5.74, 6) is -1.22. The number of carbonyl (C=O) groups is 3. The molecule has 6 nitrogen and oxygen atoms in total. The molecule has 0 saturated carbocycles. The second-order valence-corrected chi connectivity index (χ2v) is 7.11. The highest BCUT2D eigenvalue weighted by Crippen LogP contribution is 2.28. The van der Waals surface area contributed by atoms with Gasteiger partial charge in [-0.15, -0.1) is 0 Å². The first kappa shape index (κ1) is 19.4. The molecule has 1 unspecified atom stereocenters. The zero-order chi connectivity index (χ0) is 19.5. The van der Waals surface area contributed by atoms with Gasteiger partial charge in [0.1, 0.15) is 17.4 Å². The van der Waals surface area contributed by atoms with Crippen LogP contribution in [-0.4, -0.2) is 34.4 Å². The Morgan fingerprint density at radius 2 is 1.69 bits per heavy atom. The van der Waals surface area contributed by atoms with Gasteiger partial charge < -0.3 is 15.2 Å². The van der Waals surface area contributed by atoms with Crippen molar-refractivity contribution < 1.29 is 24.2 Å². The van der Waals surface area contributed by atoms with Crippen LogP contribution in [0.15, 0.2) is 36.4 Å². The summed E-state index contributed by atoms with van der Waals surface area (Å²) >= 11 is 0. The predicted molar refractivity (Wildman–Crippen MR) is 98.2 cm³/mol. The summed E-state index contributed by atoms with van der Waals surface area (Å²) in [5, 5.41) is 13.9. The SMILES string of the molecule is CC(=O)C(=O)C(Cc1ccc(O)c2ccccc12)NC(=O)OC(C)(C)C. The molecule has 1 atom stereocenters. The standard InChI is InChI=1S/C20H23NO5/c1-12(22)18(24)16(21-19(25)26-20(2,3)4)11-13-9-10-17(23)15-8-6-5-7-14(13)15/h5-10,16,23H,11H2,1-4H3,(H,21,25). The van der Waals surface area contributed by atoms with Gasteiger partial charge in [-0.05, 0) is 37.8 Å². The molecule has 0 saturated heterocycles. The third-order valence-electron chi connectivity index (χ3n) is 3.77. The lowest BCUT2D eigenvalue weighted by Crippen LogP contribution is -2.46. The van der Waals surface area contributed by atoms with Crippen LogP contribution in [0, 0.1) is 0 Å². The predicted octanol–water partition coefficient (Wildman–Crippen LogP) is 3.14. The van der Waals surface area contributed by atoms with Crippen LogP contribution < -0.4 is 5.32 Å². The number of amides is 1. The summed E-state index contributed by atoms with van der Waals surface area (Å²) in [7, 11) is 0. The van der Waals surface area contributed by atoms with E-state index in [1.165, 1.54) is 13.0 Å². The van der Waals surface area contributed by atoms with Gasteiger partial charge in [0, 0.05) is 18.7 Å². The maximum absolute atomic E-state index is 12.3. The summed E-state index contributed by atoms with van der Waals surface area (Å²) < 4.78 is 5.19. The molecule has 0 aliphatic rings. The Balaban J connectivity index is 2.33.